The van der Waals surface area contributed by atoms with E-state index < -0.39 is 11.6 Å². The molecule has 160 valence electrons. The highest BCUT2D eigenvalue weighted by Gasteiger charge is 2.16. The first-order valence-electron chi connectivity index (χ1n) is 9.81. The molecule has 0 spiro atoms. The second-order valence-corrected chi connectivity index (χ2v) is 6.95. The van der Waals surface area contributed by atoms with E-state index in [1.54, 1.807) is 25.4 Å². The number of nitrogens with one attached hydrogen (secondary N) is 1. The Balaban J connectivity index is 1.61. The largest absolute Gasteiger partial charge is 0.485 e. The molecular formula is C23H22F2N4O2. The number of fused-ring (bicyclic) bond motifs is 1. The van der Waals surface area contributed by atoms with Crippen LogP contribution in [0.15, 0.2) is 54.9 Å². The van der Waals surface area contributed by atoms with Crippen LogP contribution < -0.4 is 10.1 Å². The van der Waals surface area contributed by atoms with E-state index in [1.165, 1.54) is 18.2 Å². The number of rotatable bonds is 8. The molecule has 1 N–H and O–H groups in total. The molecule has 0 aliphatic heterocycles. The van der Waals surface area contributed by atoms with Crippen molar-refractivity contribution in [3.05, 3.63) is 77.8 Å². The minimum absolute atomic E-state index is 0.117. The van der Waals surface area contributed by atoms with Crippen LogP contribution in [0.1, 0.15) is 11.3 Å². The molecule has 0 aliphatic carbocycles. The van der Waals surface area contributed by atoms with Crippen molar-refractivity contribution in [1.29, 1.82) is 0 Å². The number of halogens is 2. The van der Waals surface area contributed by atoms with E-state index in [1.807, 2.05) is 29.7 Å². The number of benzene rings is 1. The fraction of sp³-hybridized carbons (Fsp3) is 0.217. The van der Waals surface area contributed by atoms with Crippen molar-refractivity contribution in [2.75, 3.05) is 25.6 Å². The van der Waals surface area contributed by atoms with Gasteiger partial charge in [-0.1, -0.05) is 6.07 Å². The van der Waals surface area contributed by atoms with Crippen molar-refractivity contribution >= 4 is 11.5 Å². The Morgan fingerprint density at radius 3 is 2.58 bits per heavy atom. The summed E-state index contributed by atoms with van der Waals surface area (Å²) in [6.45, 7) is 2.92. The van der Waals surface area contributed by atoms with Crippen molar-refractivity contribution in [2.45, 2.75) is 13.5 Å². The zero-order valence-electron chi connectivity index (χ0n) is 17.2. The Hall–Kier alpha value is -3.52. The Morgan fingerprint density at radius 1 is 1.06 bits per heavy atom. The number of aromatic nitrogens is 3. The number of aryl methyl sites for hydroxylation is 1. The van der Waals surface area contributed by atoms with E-state index in [4.69, 9.17) is 9.47 Å². The summed E-state index contributed by atoms with van der Waals surface area (Å²) in [5.41, 5.74) is 2.99. The number of imidazole rings is 1. The Morgan fingerprint density at radius 2 is 1.87 bits per heavy atom. The SMILES string of the molecule is COCCNc1ccc(-c2c(C)nc3c(OCc4c(F)cccc4F)cccn23)cn1. The molecule has 4 rings (SSSR count). The molecule has 0 bridgehead atoms. The molecule has 31 heavy (non-hydrogen) atoms. The highest BCUT2D eigenvalue weighted by Crippen LogP contribution is 2.29. The van der Waals surface area contributed by atoms with Gasteiger partial charge in [0.05, 0.1) is 23.6 Å². The molecule has 6 nitrogen and oxygen atoms in total. The third kappa shape index (κ3) is 4.34. The standard InChI is InChI=1S/C23H22F2N4O2/c1-15-22(16-8-9-21(27-13-16)26-10-12-30-2)29-11-4-7-20(23(29)28-15)31-14-17-18(24)5-3-6-19(17)25/h3-9,11,13H,10,12,14H2,1-2H3,(H,26,27). The summed E-state index contributed by atoms with van der Waals surface area (Å²) in [7, 11) is 1.65. The van der Waals surface area contributed by atoms with Crippen molar-refractivity contribution in [3.63, 3.8) is 0 Å². The van der Waals surface area contributed by atoms with Gasteiger partial charge in [0.2, 0.25) is 0 Å². The van der Waals surface area contributed by atoms with Gasteiger partial charge in [-0.25, -0.2) is 18.7 Å². The zero-order valence-corrected chi connectivity index (χ0v) is 17.2. The maximum Gasteiger partial charge on any atom is 0.180 e. The van der Waals surface area contributed by atoms with Gasteiger partial charge in [0, 0.05) is 31.6 Å². The molecule has 3 heterocycles. The van der Waals surface area contributed by atoms with E-state index in [-0.39, 0.29) is 12.2 Å². The van der Waals surface area contributed by atoms with Gasteiger partial charge in [-0.15, -0.1) is 0 Å². The van der Waals surface area contributed by atoms with Gasteiger partial charge in [-0.3, -0.25) is 4.40 Å². The second-order valence-electron chi connectivity index (χ2n) is 6.95. The van der Waals surface area contributed by atoms with Gasteiger partial charge >= 0.3 is 0 Å². The van der Waals surface area contributed by atoms with Crippen molar-refractivity contribution < 1.29 is 18.3 Å². The first-order chi connectivity index (χ1) is 15.1. The van der Waals surface area contributed by atoms with E-state index in [9.17, 15) is 8.78 Å². The lowest BCUT2D eigenvalue weighted by molar-refractivity contribution is 0.210. The third-order valence-electron chi connectivity index (χ3n) is 4.87. The minimum atomic E-state index is -0.641. The number of hydrogen-bond donors (Lipinski definition) is 1. The summed E-state index contributed by atoms with van der Waals surface area (Å²) in [5, 5.41) is 3.18. The molecule has 0 fully saturated rings. The summed E-state index contributed by atoms with van der Waals surface area (Å²) in [4.78, 5) is 9.07. The van der Waals surface area contributed by atoms with E-state index in [0.717, 1.165) is 22.8 Å². The third-order valence-corrected chi connectivity index (χ3v) is 4.87. The van der Waals surface area contributed by atoms with E-state index >= 15 is 0 Å². The predicted molar refractivity (Wildman–Crippen MR) is 114 cm³/mol. The normalized spacial score (nSPS) is 11.1. The number of anilines is 1. The van der Waals surface area contributed by atoms with Gasteiger partial charge in [-0.2, -0.15) is 0 Å². The van der Waals surface area contributed by atoms with Crippen LogP contribution in [0.4, 0.5) is 14.6 Å². The first-order valence-corrected chi connectivity index (χ1v) is 9.81. The molecule has 0 amide bonds. The quantitative estimate of drug-likeness (QED) is 0.418. The monoisotopic (exact) mass is 424 g/mol. The van der Waals surface area contributed by atoms with E-state index in [0.29, 0.717) is 24.5 Å². The van der Waals surface area contributed by atoms with Gasteiger partial charge in [0.1, 0.15) is 24.1 Å². The summed E-state index contributed by atoms with van der Waals surface area (Å²) < 4.78 is 40.5. The average molecular weight is 424 g/mol. The van der Waals surface area contributed by atoms with Crippen molar-refractivity contribution in [3.8, 4) is 17.0 Å². The molecule has 0 atom stereocenters. The predicted octanol–water partition coefficient (Wildman–Crippen LogP) is 4.62. The molecule has 0 saturated heterocycles. The van der Waals surface area contributed by atoms with Crippen LogP contribution in [-0.4, -0.2) is 34.6 Å². The lowest BCUT2D eigenvalue weighted by atomic mass is 10.2. The Bertz CT molecular complexity index is 1170. The number of ether oxygens (including phenoxy) is 2. The lowest BCUT2D eigenvalue weighted by Crippen LogP contribution is -2.08. The maximum absolute atomic E-state index is 13.9. The summed E-state index contributed by atoms with van der Waals surface area (Å²) >= 11 is 0. The molecule has 0 radical (unpaired) electrons. The van der Waals surface area contributed by atoms with E-state index in [2.05, 4.69) is 15.3 Å². The fourth-order valence-electron chi connectivity index (χ4n) is 3.36. The molecule has 8 heteroatoms. The highest BCUT2D eigenvalue weighted by atomic mass is 19.1. The zero-order chi connectivity index (χ0) is 21.8. The van der Waals surface area contributed by atoms with Crippen LogP contribution in [0.2, 0.25) is 0 Å². The summed E-state index contributed by atoms with van der Waals surface area (Å²) in [5.74, 6) is -0.0941. The minimum Gasteiger partial charge on any atom is -0.485 e. The van der Waals surface area contributed by atoms with Gasteiger partial charge < -0.3 is 14.8 Å². The Labute approximate surface area is 178 Å². The maximum atomic E-state index is 13.9. The topological polar surface area (TPSA) is 60.7 Å². The molecule has 0 aliphatic rings. The van der Waals surface area contributed by atoms with Crippen LogP contribution in [0.3, 0.4) is 0 Å². The summed E-state index contributed by atoms with van der Waals surface area (Å²) in [6.07, 6.45) is 3.64. The van der Waals surface area contributed by atoms with Crippen molar-refractivity contribution in [2.24, 2.45) is 0 Å². The van der Waals surface area contributed by atoms with Crippen LogP contribution in [0, 0.1) is 18.6 Å². The second kappa shape index (κ2) is 9.09. The van der Waals surface area contributed by atoms with Crippen LogP contribution in [0.5, 0.6) is 5.75 Å². The van der Waals surface area contributed by atoms with Crippen LogP contribution in [-0.2, 0) is 11.3 Å². The lowest BCUT2D eigenvalue weighted by Gasteiger charge is -2.10. The molecule has 4 aromatic rings. The Kier molecular flexibility index (Phi) is 6.08. The van der Waals surface area contributed by atoms with Crippen LogP contribution >= 0.6 is 0 Å². The number of hydrogen-bond acceptors (Lipinski definition) is 5. The molecular weight excluding hydrogens is 402 g/mol. The van der Waals surface area contributed by atoms with Crippen LogP contribution in [0.25, 0.3) is 16.9 Å². The number of nitrogens with zero attached hydrogens (tertiary/aromatic N) is 3. The smallest absolute Gasteiger partial charge is 0.180 e. The number of pyridine rings is 2. The van der Waals surface area contributed by atoms with Gasteiger partial charge in [0.15, 0.2) is 11.4 Å². The van der Waals surface area contributed by atoms with Crippen molar-refractivity contribution in [1.82, 2.24) is 14.4 Å². The molecule has 3 aromatic heterocycles. The molecule has 0 saturated carbocycles. The summed E-state index contributed by atoms with van der Waals surface area (Å²) in [6, 6.07) is 11.1. The highest BCUT2D eigenvalue weighted by molar-refractivity contribution is 5.70. The average Bonchev–Trinajstić information content (AvgIpc) is 3.11. The molecule has 1 aromatic carbocycles. The fourth-order valence-corrected chi connectivity index (χ4v) is 3.36. The molecule has 0 unspecified atom stereocenters. The van der Waals surface area contributed by atoms with Gasteiger partial charge in [-0.05, 0) is 43.3 Å². The van der Waals surface area contributed by atoms with Gasteiger partial charge in [0.25, 0.3) is 0 Å². The first kappa shape index (κ1) is 20.7. The number of methoxy groups -OCH3 is 1.